The lowest BCUT2D eigenvalue weighted by Gasteiger charge is -2.30. The van der Waals surface area contributed by atoms with Crippen molar-refractivity contribution in [3.63, 3.8) is 0 Å². The van der Waals surface area contributed by atoms with E-state index in [0.29, 0.717) is 44.7 Å². The van der Waals surface area contributed by atoms with Crippen LogP contribution >= 0.6 is 0 Å². The summed E-state index contributed by atoms with van der Waals surface area (Å²) in [4.78, 5) is 86.7. The van der Waals surface area contributed by atoms with Crippen molar-refractivity contribution >= 4 is 63.7 Å². The summed E-state index contributed by atoms with van der Waals surface area (Å²) < 4.78 is 22.0. The number of hydrogen-bond donors (Lipinski definition) is 2. The molecule has 1 aliphatic heterocycles. The molecule has 0 fully saturated rings. The minimum absolute atomic E-state index is 0.0774. The van der Waals surface area contributed by atoms with Crippen LogP contribution in [0, 0.1) is 0 Å². The highest BCUT2D eigenvalue weighted by Gasteiger charge is 2.39. The fourth-order valence-electron chi connectivity index (χ4n) is 8.75. The minimum Gasteiger partial charge on any atom is -0.496 e. The van der Waals surface area contributed by atoms with Crippen LogP contribution < -0.4 is 25.2 Å². The van der Waals surface area contributed by atoms with Crippen molar-refractivity contribution in [2.45, 2.75) is 57.8 Å². The molecule has 1 heterocycles. The smallest absolute Gasteiger partial charge is 0.411 e. The Morgan fingerprint density at radius 1 is 0.783 bits per heavy atom. The number of methoxy groups -OCH3 is 2. The van der Waals surface area contributed by atoms with Gasteiger partial charge < -0.3 is 34.1 Å². The first-order valence-electron chi connectivity index (χ1n) is 22.4. The van der Waals surface area contributed by atoms with E-state index in [4.69, 9.17) is 18.9 Å². The van der Waals surface area contributed by atoms with Crippen LogP contribution in [0.5, 0.6) is 5.75 Å². The molecule has 2 atom stereocenters. The molecule has 15 nitrogen and oxygen atoms in total. The van der Waals surface area contributed by atoms with Gasteiger partial charge in [-0.05, 0) is 115 Å². The molecule has 0 saturated heterocycles. The van der Waals surface area contributed by atoms with E-state index in [1.54, 1.807) is 99.6 Å². The summed E-state index contributed by atoms with van der Waals surface area (Å²) in [7, 11) is 4.24. The number of fused-ring (bicyclic) bond motifs is 5. The first kappa shape index (κ1) is 47.3. The van der Waals surface area contributed by atoms with Crippen molar-refractivity contribution in [2.75, 3.05) is 49.5 Å². The van der Waals surface area contributed by atoms with E-state index in [1.165, 1.54) is 38.0 Å². The zero-order valence-electron chi connectivity index (χ0n) is 39.4. The Kier molecular flexibility index (Phi) is 13.4. The van der Waals surface area contributed by atoms with Crippen molar-refractivity contribution in [3.8, 4) is 16.9 Å². The molecule has 2 N–H and O–H groups in total. The van der Waals surface area contributed by atoms with Gasteiger partial charge in [0.05, 0.1) is 44.2 Å². The molecular weight excluding hydrogens is 879 g/mol. The fourth-order valence-corrected chi connectivity index (χ4v) is 8.75. The normalized spacial score (nSPS) is 14.7. The quantitative estimate of drug-likeness (QED) is 0.0944. The molecule has 1 aliphatic carbocycles. The highest BCUT2D eigenvalue weighted by atomic mass is 16.6. The van der Waals surface area contributed by atoms with E-state index in [0.717, 1.165) is 27.2 Å². The number of hydrogen-bond acceptors (Lipinski definition) is 10. The first-order valence-corrected chi connectivity index (χ1v) is 22.4. The molecule has 69 heavy (non-hydrogen) atoms. The number of nitrogens with zero attached hydrogens (tertiary/aromatic N) is 3. The lowest BCUT2D eigenvalue weighted by molar-refractivity contribution is -0.130. The number of rotatable bonds is 11. The van der Waals surface area contributed by atoms with Gasteiger partial charge in [-0.2, -0.15) is 0 Å². The molecule has 6 aromatic rings. The summed E-state index contributed by atoms with van der Waals surface area (Å²) in [5, 5.41) is 6.98. The topological polar surface area (TPSA) is 173 Å². The van der Waals surface area contributed by atoms with E-state index < -0.39 is 53.6 Å². The molecule has 0 saturated carbocycles. The van der Waals surface area contributed by atoms with Crippen molar-refractivity contribution in [2.24, 2.45) is 0 Å². The first-order chi connectivity index (χ1) is 33.1. The average Bonchev–Trinajstić information content (AvgIpc) is 3.62. The molecule has 0 spiro atoms. The van der Waals surface area contributed by atoms with Gasteiger partial charge in [-0.25, -0.2) is 14.4 Å². The van der Waals surface area contributed by atoms with Gasteiger partial charge >= 0.3 is 18.2 Å². The van der Waals surface area contributed by atoms with Gasteiger partial charge in [-0.15, -0.1) is 0 Å². The van der Waals surface area contributed by atoms with Gasteiger partial charge in [-0.1, -0.05) is 72.8 Å². The lowest BCUT2D eigenvalue weighted by Crippen LogP contribution is -2.57. The summed E-state index contributed by atoms with van der Waals surface area (Å²) in [5.41, 5.74) is 5.85. The zero-order chi connectivity index (χ0) is 49.1. The number of carbonyl (C=O) groups excluding carboxylic acids is 6. The molecule has 15 heteroatoms. The van der Waals surface area contributed by atoms with Crippen LogP contribution in [0.3, 0.4) is 0 Å². The Hall–Kier alpha value is -8.20. The molecule has 6 aromatic carbocycles. The maximum absolute atomic E-state index is 15.1. The van der Waals surface area contributed by atoms with Gasteiger partial charge in [0.15, 0.2) is 0 Å². The maximum atomic E-state index is 15.1. The monoisotopic (exact) mass is 931 g/mol. The van der Waals surface area contributed by atoms with E-state index >= 15 is 4.79 Å². The Morgan fingerprint density at radius 3 is 2.04 bits per heavy atom. The molecule has 0 unspecified atom stereocenters. The van der Waals surface area contributed by atoms with E-state index in [2.05, 4.69) is 22.8 Å². The third kappa shape index (κ3) is 9.80. The number of likely N-dealkylation sites (N-methyl/N-ethyl adjacent to an activating group) is 1. The summed E-state index contributed by atoms with van der Waals surface area (Å²) in [6.07, 6.45) is -1.40. The van der Waals surface area contributed by atoms with Crippen LogP contribution in [0.2, 0.25) is 0 Å². The van der Waals surface area contributed by atoms with Gasteiger partial charge in [-0.3, -0.25) is 24.6 Å². The number of esters is 1. The van der Waals surface area contributed by atoms with Crippen LogP contribution in [0.1, 0.15) is 71.0 Å². The number of ether oxygens (including phenoxy) is 4. The summed E-state index contributed by atoms with van der Waals surface area (Å²) in [5.74, 6) is -1.90. The predicted octanol–water partition coefficient (Wildman–Crippen LogP) is 8.93. The van der Waals surface area contributed by atoms with Crippen molar-refractivity contribution in [3.05, 3.63) is 155 Å². The van der Waals surface area contributed by atoms with Crippen molar-refractivity contribution in [1.82, 2.24) is 10.2 Å². The molecule has 8 rings (SSSR count). The van der Waals surface area contributed by atoms with Crippen LogP contribution in [-0.4, -0.2) is 92.9 Å². The van der Waals surface area contributed by atoms with E-state index in [1.807, 2.05) is 36.4 Å². The van der Waals surface area contributed by atoms with Crippen LogP contribution in [0.15, 0.2) is 127 Å². The zero-order valence-corrected chi connectivity index (χ0v) is 39.4. The molecule has 0 aromatic heterocycles. The van der Waals surface area contributed by atoms with Crippen LogP contribution in [0.25, 0.3) is 21.9 Å². The van der Waals surface area contributed by atoms with Crippen LogP contribution in [-0.2, 0) is 30.3 Å². The number of para-hydroxylation sites is 2. The second-order valence-corrected chi connectivity index (χ2v) is 17.9. The largest absolute Gasteiger partial charge is 0.496 e. The highest BCUT2D eigenvalue weighted by molar-refractivity contribution is 6.13. The second kappa shape index (κ2) is 19.6. The Labute approximate surface area is 399 Å². The number of amides is 5. The second-order valence-electron chi connectivity index (χ2n) is 17.9. The fraction of sp³-hybridized carbons (Fsp3) is 0.259. The molecular formula is C54H53N5O10. The predicted molar refractivity (Wildman–Crippen MR) is 262 cm³/mol. The average molecular weight is 932 g/mol. The van der Waals surface area contributed by atoms with E-state index in [9.17, 15) is 24.0 Å². The van der Waals surface area contributed by atoms with Crippen molar-refractivity contribution < 1.29 is 47.7 Å². The lowest BCUT2D eigenvalue weighted by atomic mass is 9.98. The number of anilines is 3. The Balaban J connectivity index is 1.08. The Bertz CT molecular complexity index is 2940. The third-order valence-electron chi connectivity index (χ3n) is 12.4. The number of benzene rings is 6. The number of nitrogens with one attached hydrogen (secondary N) is 2. The summed E-state index contributed by atoms with van der Waals surface area (Å²) >= 11 is 0. The SMILES string of the molecule is COC(=O)c1ccc2c(CN3C(=O)[C@@H](NC(=O)[C@H](C)N(C)C(=O)OC(C)(C)C)CN(C(=O)c4ccc(NC(=O)OCC5c6ccccc6-c6ccccc65)cc4)c4ccccc43)c(OC)ccc2c1. The standard InChI is InChI=1S/C54H53N5O10/c1-32(57(5)53(65)69-54(2,3)4)48(60)56-44-30-59(46-19-13-12-18-45(46)58(50(44)62)29-42-37-26-22-35(51(63)67-7)28-34(37)23-27-47(42)66-6)49(61)33-20-24-36(25-21-33)55-52(64)68-31-43-40-16-10-8-14-38(40)39-15-9-11-17-41(39)43/h8-28,32,43-44H,29-31H2,1-7H3,(H,55,64)(H,56,60)/t32-,44-/m0/s1. The van der Waals surface area contributed by atoms with Gasteiger partial charge in [0.2, 0.25) is 5.91 Å². The maximum Gasteiger partial charge on any atom is 0.411 e. The van der Waals surface area contributed by atoms with Crippen molar-refractivity contribution in [1.29, 1.82) is 0 Å². The van der Waals surface area contributed by atoms with Gasteiger partial charge in [0.25, 0.3) is 11.8 Å². The third-order valence-corrected chi connectivity index (χ3v) is 12.4. The highest BCUT2D eigenvalue weighted by Crippen LogP contribution is 2.45. The Morgan fingerprint density at radius 2 is 1.41 bits per heavy atom. The van der Waals surface area contributed by atoms with Crippen LogP contribution in [0.4, 0.5) is 26.7 Å². The molecule has 2 aliphatic rings. The summed E-state index contributed by atoms with van der Waals surface area (Å²) in [6.45, 7) is 6.39. The van der Waals surface area contributed by atoms with E-state index in [-0.39, 0.29) is 31.2 Å². The van der Waals surface area contributed by atoms with Gasteiger partial charge in [0.1, 0.15) is 30.0 Å². The molecule has 354 valence electrons. The summed E-state index contributed by atoms with van der Waals surface area (Å²) in [6, 6.07) is 35.5. The van der Waals surface area contributed by atoms with Gasteiger partial charge in [0, 0.05) is 29.8 Å². The molecule has 0 radical (unpaired) electrons. The molecule has 0 bridgehead atoms. The minimum atomic E-state index is -1.33. The number of carbonyl (C=O) groups is 6. The molecule has 5 amide bonds.